The number of ether oxygens (including phenoxy) is 1. The number of rotatable bonds is 5. The highest BCUT2D eigenvalue weighted by atomic mass is 16.5. The van der Waals surface area contributed by atoms with Crippen molar-refractivity contribution in [3.05, 3.63) is 66.4 Å². The van der Waals surface area contributed by atoms with Crippen molar-refractivity contribution < 1.29 is 4.74 Å². The maximum absolute atomic E-state index is 5.55. The van der Waals surface area contributed by atoms with Gasteiger partial charge in [-0.25, -0.2) is 4.98 Å². The van der Waals surface area contributed by atoms with Crippen LogP contribution in [0.2, 0.25) is 0 Å². The summed E-state index contributed by atoms with van der Waals surface area (Å²) >= 11 is 0. The lowest BCUT2D eigenvalue weighted by molar-refractivity contribution is 0.132. The predicted octanol–water partition coefficient (Wildman–Crippen LogP) is 4.28. The fourth-order valence-electron chi connectivity index (χ4n) is 2.29. The van der Waals surface area contributed by atoms with E-state index in [0.717, 1.165) is 28.3 Å². The van der Waals surface area contributed by atoms with E-state index in [1.807, 2.05) is 43.3 Å². The van der Waals surface area contributed by atoms with Crippen molar-refractivity contribution in [2.75, 3.05) is 6.61 Å². The van der Waals surface area contributed by atoms with Crippen LogP contribution >= 0.6 is 0 Å². The van der Waals surface area contributed by atoms with Crippen LogP contribution in [-0.4, -0.2) is 16.6 Å². The molecule has 0 saturated carbocycles. The predicted molar refractivity (Wildman–Crippen MR) is 84.8 cm³/mol. The van der Waals surface area contributed by atoms with Crippen LogP contribution in [0.3, 0.4) is 0 Å². The Kier molecular flexibility index (Phi) is 4.12. The minimum atomic E-state index is 0.518. The molecule has 0 spiro atoms. The summed E-state index contributed by atoms with van der Waals surface area (Å²) in [5, 5.41) is 0. The summed E-state index contributed by atoms with van der Waals surface area (Å²) in [6, 6.07) is 20.4. The molecule has 0 bridgehead atoms. The van der Waals surface area contributed by atoms with Crippen LogP contribution in [0.25, 0.3) is 22.6 Å². The van der Waals surface area contributed by atoms with E-state index in [0.29, 0.717) is 13.2 Å². The summed E-state index contributed by atoms with van der Waals surface area (Å²) in [5.41, 5.74) is 4.18. The van der Waals surface area contributed by atoms with Gasteiger partial charge in [-0.1, -0.05) is 60.7 Å². The molecule has 0 saturated heterocycles. The number of aromatic amines is 1. The second-order valence-electron chi connectivity index (χ2n) is 4.78. The Bertz CT molecular complexity index is 690. The number of hydrogen-bond donors (Lipinski definition) is 1. The molecular weight excluding hydrogens is 260 g/mol. The lowest BCUT2D eigenvalue weighted by Gasteiger charge is -2.02. The number of hydrogen-bond acceptors (Lipinski definition) is 2. The van der Waals surface area contributed by atoms with Gasteiger partial charge >= 0.3 is 0 Å². The van der Waals surface area contributed by atoms with Gasteiger partial charge in [-0.15, -0.1) is 0 Å². The fraction of sp³-hybridized carbons (Fsp3) is 0.167. The zero-order valence-electron chi connectivity index (χ0n) is 12.0. The zero-order valence-corrected chi connectivity index (χ0v) is 12.0. The Morgan fingerprint density at radius 1 is 0.905 bits per heavy atom. The zero-order chi connectivity index (χ0) is 14.5. The molecule has 3 heteroatoms. The third-order valence-electron chi connectivity index (χ3n) is 3.33. The molecule has 0 unspecified atom stereocenters. The van der Waals surface area contributed by atoms with Gasteiger partial charge in [0.1, 0.15) is 5.82 Å². The molecular formula is C18H18N2O. The summed E-state index contributed by atoms with van der Waals surface area (Å²) in [5.74, 6) is 0.879. The average molecular weight is 278 g/mol. The number of H-pyrrole nitrogens is 1. The first-order valence-electron chi connectivity index (χ1n) is 7.16. The Hall–Kier alpha value is -2.39. The van der Waals surface area contributed by atoms with Crippen molar-refractivity contribution in [1.82, 2.24) is 9.97 Å². The van der Waals surface area contributed by atoms with Gasteiger partial charge in [0, 0.05) is 12.2 Å². The van der Waals surface area contributed by atoms with Gasteiger partial charge in [-0.3, -0.25) is 0 Å². The van der Waals surface area contributed by atoms with Crippen molar-refractivity contribution in [2.45, 2.75) is 13.5 Å². The highest BCUT2D eigenvalue weighted by Gasteiger charge is 2.13. The number of aromatic nitrogens is 2. The van der Waals surface area contributed by atoms with Crippen LogP contribution in [0, 0.1) is 0 Å². The van der Waals surface area contributed by atoms with Gasteiger partial charge in [0.15, 0.2) is 0 Å². The maximum atomic E-state index is 5.55. The van der Waals surface area contributed by atoms with Crippen molar-refractivity contribution in [3.63, 3.8) is 0 Å². The maximum Gasteiger partial charge on any atom is 0.138 e. The second kappa shape index (κ2) is 6.37. The molecule has 3 aromatic rings. The summed E-state index contributed by atoms with van der Waals surface area (Å²) in [7, 11) is 0. The minimum absolute atomic E-state index is 0.518. The van der Waals surface area contributed by atoms with Gasteiger partial charge in [-0.2, -0.15) is 0 Å². The van der Waals surface area contributed by atoms with Crippen molar-refractivity contribution in [1.29, 1.82) is 0 Å². The standard InChI is InChI=1S/C18H18N2O/c1-2-21-13-16-17(14-9-5-3-6-10-14)20-18(19-16)15-11-7-4-8-12-15/h3-12H,2,13H2,1H3,(H,19,20). The number of benzene rings is 2. The van der Waals surface area contributed by atoms with Crippen LogP contribution in [0.15, 0.2) is 60.7 Å². The molecule has 0 atom stereocenters. The monoisotopic (exact) mass is 278 g/mol. The molecule has 106 valence electrons. The SMILES string of the molecule is CCOCc1nc(-c2ccccc2)[nH]c1-c1ccccc1. The Morgan fingerprint density at radius 3 is 2.14 bits per heavy atom. The largest absolute Gasteiger partial charge is 0.375 e. The lowest BCUT2D eigenvalue weighted by Crippen LogP contribution is -1.94. The molecule has 0 aliphatic rings. The quantitative estimate of drug-likeness (QED) is 0.756. The van der Waals surface area contributed by atoms with Gasteiger partial charge in [0.25, 0.3) is 0 Å². The first kappa shape index (κ1) is 13.6. The summed E-state index contributed by atoms with van der Waals surface area (Å²) in [6.07, 6.45) is 0. The fourth-order valence-corrected chi connectivity index (χ4v) is 2.29. The van der Waals surface area contributed by atoms with E-state index >= 15 is 0 Å². The van der Waals surface area contributed by atoms with Gasteiger partial charge < -0.3 is 9.72 Å². The van der Waals surface area contributed by atoms with Crippen LogP contribution in [-0.2, 0) is 11.3 Å². The Morgan fingerprint density at radius 2 is 1.52 bits per heavy atom. The van der Waals surface area contributed by atoms with Crippen molar-refractivity contribution >= 4 is 0 Å². The first-order valence-corrected chi connectivity index (χ1v) is 7.16. The summed E-state index contributed by atoms with van der Waals surface area (Å²) < 4.78 is 5.55. The number of imidazole rings is 1. The molecule has 1 aromatic heterocycles. The van der Waals surface area contributed by atoms with Gasteiger partial charge in [0.2, 0.25) is 0 Å². The van der Waals surface area contributed by atoms with Gasteiger partial charge in [-0.05, 0) is 12.5 Å². The van der Waals surface area contributed by atoms with Crippen LogP contribution < -0.4 is 0 Å². The molecule has 2 aromatic carbocycles. The van der Waals surface area contributed by atoms with E-state index in [9.17, 15) is 0 Å². The lowest BCUT2D eigenvalue weighted by atomic mass is 10.1. The van der Waals surface area contributed by atoms with E-state index in [-0.39, 0.29) is 0 Å². The van der Waals surface area contributed by atoms with Crippen molar-refractivity contribution in [3.8, 4) is 22.6 Å². The molecule has 0 aliphatic heterocycles. The molecule has 21 heavy (non-hydrogen) atoms. The molecule has 0 aliphatic carbocycles. The molecule has 0 radical (unpaired) electrons. The summed E-state index contributed by atoms with van der Waals surface area (Å²) in [4.78, 5) is 8.15. The Labute approximate surface area is 124 Å². The molecule has 0 amide bonds. The topological polar surface area (TPSA) is 37.9 Å². The first-order chi connectivity index (χ1) is 10.4. The van der Waals surface area contributed by atoms with E-state index in [1.165, 1.54) is 0 Å². The third-order valence-corrected chi connectivity index (χ3v) is 3.33. The number of nitrogens with zero attached hydrogens (tertiary/aromatic N) is 1. The van der Waals surface area contributed by atoms with Crippen LogP contribution in [0.5, 0.6) is 0 Å². The average Bonchev–Trinajstić information content (AvgIpc) is 2.99. The van der Waals surface area contributed by atoms with Gasteiger partial charge in [0.05, 0.1) is 18.0 Å². The summed E-state index contributed by atoms with van der Waals surface area (Å²) in [6.45, 7) is 3.19. The Balaban J connectivity index is 2.03. The molecule has 1 N–H and O–H groups in total. The van der Waals surface area contributed by atoms with Crippen LogP contribution in [0.4, 0.5) is 0 Å². The van der Waals surface area contributed by atoms with E-state index in [2.05, 4.69) is 29.2 Å². The molecule has 3 rings (SSSR count). The van der Waals surface area contributed by atoms with Crippen LogP contribution in [0.1, 0.15) is 12.6 Å². The minimum Gasteiger partial charge on any atom is -0.375 e. The highest BCUT2D eigenvalue weighted by Crippen LogP contribution is 2.26. The van der Waals surface area contributed by atoms with Crippen molar-refractivity contribution in [2.24, 2.45) is 0 Å². The molecule has 1 heterocycles. The second-order valence-corrected chi connectivity index (χ2v) is 4.78. The highest BCUT2D eigenvalue weighted by molar-refractivity contribution is 5.67. The van der Waals surface area contributed by atoms with E-state index in [4.69, 9.17) is 9.72 Å². The molecule has 3 nitrogen and oxygen atoms in total. The number of nitrogens with one attached hydrogen (secondary N) is 1. The van der Waals surface area contributed by atoms with E-state index < -0.39 is 0 Å². The van der Waals surface area contributed by atoms with E-state index in [1.54, 1.807) is 0 Å². The normalized spacial score (nSPS) is 10.7. The smallest absolute Gasteiger partial charge is 0.138 e. The molecule has 0 fully saturated rings. The third kappa shape index (κ3) is 3.03.